The van der Waals surface area contributed by atoms with Gasteiger partial charge >= 0.3 is 0 Å². The van der Waals surface area contributed by atoms with Crippen molar-refractivity contribution in [1.82, 2.24) is 56.6 Å². The second-order valence-corrected chi connectivity index (χ2v) is 27.5. The van der Waals surface area contributed by atoms with E-state index in [9.17, 15) is 34.2 Å². The number of aliphatic imine (C=N–C) groups is 1. The number of aliphatic hydroxyl groups excluding tert-OH is 1. The van der Waals surface area contributed by atoms with Crippen LogP contribution in [0.1, 0.15) is 108 Å². The zero-order valence-electron chi connectivity index (χ0n) is 61.1. The molecule has 10 amide bonds. The summed E-state index contributed by atoms with van der Waals surface area (Å²) >= 11 is 6.32. The maximum absolute atomic E-state index is 17.6. The van der Waals surface area contributed by atoms with Crippen LogP contribution in [0.3, 0.4) is 0 Å². The Labute approximate surface area is 627 Å². The summed E-state index contributed by atoms with van der Waals surface area (Å²) in [5.41, 5.74) is 24.8. The number of rotatable bonds is 36. The van der Waals surface area contributed by atoms with Gasteiger partial charge in [0.05, 0.1) is 36.8 Å². The van der Waals surface area contributed by atoms with Gasteiger partial charge < -0.3 is 69.9 Å². The van der Waals surface area contributed by atoms with Crippen molar-refractivity contribution < 1.29 is 63.0 Å². The van der Waals surface area contributed by atoms with Gasteiger partial charge in [0.1, 0.15) is 29.9 Å². The monoisotopic (exact) mass is 1490 g/mol. The number of carbonyl (C=O) groups excluding carboxylic acids is 11. The van der Waals surface area contributed by atoms with Crippen molar-refractivity contribution >= 4 is 93.2 Å². The minimum Gasteiger partial charge on any atom is -0.508 e. The van der Waals surface area contributed by atoms with Gasteiger partial charge in [0.2, 0.25) is 35.4 Å². The van der Waals surface area contributed by atoms with E-state index in [1.165, 1.54) is 73.3 Å². The number of nitrogens with one attached hydrogen (secondary N) is 6. The third kappa shape index (κ3) is 23.0. The van der Waals surface area contributed by atoms with Crippen LogP contribution in [-0.4, -0.2) is 198 Å². The summed E-state index contributed by atoms with van der Waals surface area (Å²) in [5, 5.41) is 39.3. The second kappa shape index (κ2) is 40.3. The summed E-state index contributed by atoms with van der Waals surface area (Å²) in [6.07, 6.45) is 4.48. The van der Waals surface area contributed by atoms with E-state index in [0.717, 1.165) is 18.7 Å². The third-order valence-electron chi connectivity index (χ3n) is 18.3. The van der Waals surface area contributed by atoms with Crippen molar-refractivity contribution in [2.45, 2.75) is 172 Å². The Morgan fingerprint density at radius 3 is 1.77 bits per heavy atom. The highest BCUT2D eigenvalue weighted by Gasteiger charge is 2.60. The summed E-state index contributed by atoms with van der Waals surface area (Å²) in [4.78, 5) is 187. The zero-order valence-corrected chi connectivity index (χ0v) is 61.9. The van der Waals surface area contributed by atoms with Crippen LogP contribution in [0.5, 0.6) is 5.75 Å². The number of halogens is 1. The number of ketones is 1. The summed E-state index contributed by atoms with van der Waals surface area (Å²) < 4.78 is 0. The number of fused-ring (bicyclic) bond motifs is 1. The molecule has 3 heterocycles. The molecule has 0 aliphatic carbocycles. The number of benzene rings is 4. The fourth-order valence-electron chi connectivity index (χ4n) is 12.8. The zero-order chi connectivity index (χ0) is 78.1. The largest absolute Gasteiger partial charge is 0.508 e. The lowest BCUT2D eigenvalue weighted by molar-refractivity contribution is -0.174. The number of hydrogen-bond donors (Lipinski definition) is 12. The number of pyridine rings is 2. The van der Waals surface area contributed by atoms with E-state index in [1.807, 2.05) is 13.8 Å². The van der Waals surface area contributed by atoms with Gasteiger partial charge in [-0.25, -0.2) is 4.90 Å². The Bertz CT molecular complexity index is 4090. The Hall–Kier alpha value is -10.4. The fourth-order valence-corrected chi connectivity index (χ4v) is 12.9. The predicted octanol–water partition coefficient (Wildman–Crippen LogP) is 2.11. The van der Waals surface area contributed by atoms with E-state index in [4.69, 9.17) is 34.5 Å². The van der Waals surface area contributed by atoms with Crippen molar-refractivity contribution in [1.29, 1.82) is 0 Å². The highest BCUT2D eigenvalue weighted by atomic mass is 35.5. The summed E-state index contributed by atoms with van der Waals surface area (Å²) in [7, 11) is 0. The van der Waals surface area contributed by atoms with Crippen molar-refractivity contribution in [3.8, 4) is 5.75 Å². The molecule has 572 valence electrons. The Balaban J connectivity index is 1.48. The number of aliphatic hydroxyl groups is 1. The normalized spacial score (nSPS) is 15.5. The molecule has 16 N–H and O–H groups in total. The number of likely N-dealkylation sites (tertiary alicyclic amines) is 1. The molecule has 1 aliphatic heterocycles. The van der Waals surface area contributed by atoms with Crippen molar-refractivity contribution in [3.63, 3.8) is 0 Å². The van der Waals surface area contributed by atoms with Crippen molar-refractivity contribution in [3.05, 3.63) is 173 Å². The molecule has 7 rings (SSSR count). The number of aromatic nitrogens is 2. The molecule has 4 aromatic carbocycles. The number of nitrogens with two attached hydrogens (primary N) is 4. The first-order valence-corrected chi connectivity index (χ1v) is 36.2. The van der Waals surface area contributed by atoms with Crippen molar-refractivity contribution in [2.24, 2.45) is 33.8 Å². The van der Waals surface area contributed by atoms with Gasteiger partial charge in [-0.2, -0.15) is 0 Å². The molecule has 0 radical (unpaired) electrons. The van der Waals surface area contributed by atoms with Gasteiger partial charge in [-0.15, -0.1) is 0 Å². The maximum atomic E-state index is 17.6. The highest BCUT2D eigenvalue weighted by Crippen LogP contribution is 2.33. The first-order chi connectivity index (χ1) is 51.1. The van der Waals surface area contributed by atoms with E-state index in [0.29, 0.717) is 76.5 Å². The van der Waals surface area contributed by atoms with Crippen LogP contribution in [0.4, 0.5) is 0 Å². The number of guanidine groups is 1. The standard InChI is InChI=1S/C77H99ClN16O13/c1-7-85-76(86-8-2)87-35-12-11-23-57(79)70(102)92-36-16-24-65(92)74(106)94(71(103)60(82)38-48-25-29-54(78)30-26-48)77(6,66(98)61(88-47(5)96)42-53-21-13-20-52-19-9-10-22-56(52)53)75(107)93(72(104)62(37-46(3)4)89-67(99)58(80)39-50-17-14-33-83-43-50)73(105)63(41-49-27-31-55(97)32-28-49)90-69(101)64(45-95)91-68(100)59(81)40-51-18-15-34-84-44-51/h9-10,13-15,17-22,25-34,43-44,46,57-65,95,97H,7-8,11-12,16,23-24,35-42,45,79-82H2,1-6H3,(H,88,96)(H,89,99)(H,90,101)(H,91,100)(H2,85,86,87)/t57-,58+,59+,60+,61+,62-,63-,64-,65-,77-/m0/s1. The molecule has 0 saturated carbocycles. The molecule has 10 atom stereocenters. The highest BCUT2D eigenvalue weighted by molar-refractivity contribution is 6.30. The quantitative estimate of drug-likeness (QED) is 0.0116. The molecular formula is C77H99ClN16O13. The lowest BCUT2D eigenvalue weighted by Crippen LogP contribution is -2.74. The average molecular weight is 1490 g/mol. The molecule has 0 unspecified atom stereocenters. The number of amides is 10. The van der Waals surface area contributed by atoms with Crippen LogP contribution in [0.2, 0.25) is 5.02 Å². The molecule has 2 aromatic heterocycles. The van der Waals surface area contributed by atoms with Crippen LogP contribution < -0.4 is 54.8 Å². The first kappa shape index (κ1) is 83.8. The lowest BCUT2D eigenvalue weighted by Gasteiger charge is -2.44. The smallest absolute Gasteiger partial charge is 0.270 e. The van der Waals surface area contributed by atoms with Crippen LogP contribution >= 0.6 is 11.6 Å². The molecule has 1 fully saturated rings. The van der Waals surface area contributed by atoms with E-state index < -0.39 is 163 Å². The number of aromatic hydroxyl groups is 1. The lowest BCUT2D eigenvalue weighted by atomic mass is 9.82. The second-order valence-electron chi connectivity index (χ2n) is 27.1. The number of carbonyl (C=O) groups is 11. The average Bonchev–Trinajstić information content (AvgIpc) is 1.47. The topological polar surface area (TPSA) is 452 Å². The van der Waals surface area contributed by atoms with E-state index >= 15 is 28.8 Å². The molecule has 1 aliphatic rings. The number of imide groups is 4. The SMILES string of the molecule is CCNC(=NCCCC[C@H](N)C(=O)N1CCC[C@H]1C(=O)N(C(=O)[C@H](N)Cc1ccc(Cl)cc1)[C@@](C)(C(=O)[C@@H](Cc1cccc2ccccc12)NC(C)=O)C(=O)N(C(=O)[C@H](CC(C)C)NC(=O)[C@H](N)Cc1cccnc1)C(=O)[C@H](Cc1ccc(O)cc1)NC(=O)[C@H](CO)NC(=O)[C@H](N)Cc1cccnc1)NCC. The van der Waals surface area contributed by atoms with Crippen LogP contribution in [0.15, 0.2) is 145 Å². The molecule has 6 aromatic rings. The minimum atomic E-state index is -3.60. The van der Waals surface area contributed by atoms with Crippen molar-refractivity contribution in [2.75, 3.05) is 32.8 Å². The number of unbranched alkanes of at least 4 members (excludes halogenated alkanes) is 1. The Kier molecular flexibility index (Phi) is 31.6. The Morgan fingerprint density at radius 1 is 0.626 bits per heavy atom. The van der Waals surface area contributed by atoms with Gasteiger partial charge in [-0.3, -0.25) is 72.6 Å². The van der Waals surface area contributed by atoms with E-state index in [2.05, 4.69) is 46.9 Å². The number of nitrogens with zero attached hydrogens (tertiary/aromatic N) is 6. The van der Waals surface area contributed by atoms with Crippen LogP contribution in [0.25, 0.3) is 10.8 Å². The predicted molar refractivity (Wildman–Crippen MR) is 403 cm³/mol. The molecule has 1 saturated heterocycles. The number of hydrogen-bond acceptors (Lipinski definition) is 20. The molecule has 30 heteroatoms. The van der Waals surface area contributed by atoms with Crippen LogP contribution in [-0.2, 0) is 84.8 Å². The molecular weight excluding hydrogens is 1390 g/mol. The fraction of sp³-hybridized carbons (Fsp3) is 0.429. The third-order valence-corrected chi connectivity index (χ3v) is 18.5. The molecule has 29 nitrogen and oxygen atoms in total. The molecule has 0 spiro atoms. The number of phenols is 1. The van der Waals surface area contributed by atoms with Gasteiger partial charge in [0, 0.05) is 75.8 Å². The molecule has 107 heavy (non-hydrogen) atoms. The Morgan fingerprint density at radius 2 is 1.19 bits per heavy atom. The minimum absolute atomic E-state index is 0.0578. The molecule has 0 bridgehead atoms. The number of phenolic OH excluding ortho intramolecular Hbond substituents is 1. The van der Waals surface area contributed by atoms with Crippen LogP contribution in [0, 0.1) is 5.92 Å². The van der Waals surface area contributed by atoms with E-state index in [-0.39, 0.29) is 59.8 Å². The number of Topliss-reactive ketones (excluding diaryl/α,β-unsaturated/α-hetero) is 1. The summed E-state index contributed by atoms with van der Waals surface area (Å²) in [5.74, 6) is -14.8. The van der Waals surface area contributed by atoms with Gasteiger partial charge in [-0.05, 0) is 159 Å². The summed E-state index contributed by atoms with van der Waals surface area (Å²) in [6, 6.07) is 13.9. The maximum Gasteiger partial charge on any atom is 0.270 e. The summed E-state index contributed by atoms with van der Waals surface area (Å²) in [6.45, 7) is 9.29. The van der Waals surface area contributed by atoms with Gasteiger partial charge in [-0.1, -0.05) is 104 Å². The van der Waals surface area contributed by atoms with Gasteiger partial charge in [0.15, 0.2) is 17.3 Å². The van der Waals surface area contributed by atoms with E-state index in [1.54, 1.807) is 80.6 Å². The first-order valence-electron chi connectivity index (χ1n) is 35.9. The van der Waals surface area contributed by atoms with Gasteiger partial charge in [0.25, 0.3) is 23.6 Å².